The number of rotatable bonds is 10. The minimum atomic E-state index is -0.376. The highest BCUT2D eigenvalue weighted by Gasteiger charge is 2.09. The molecule has 0 saturated carbocycles. The molecule has 0 radical (unpaired) electrons. The largest absolute Gasteiger partial charge is 0.356 e. The van der Waals surface area contributed by atoms with Crippen LogP contribution in [0.3, 0.4) is 0 Å². The molecule has 116 valence electrons. The monoisotopic (exact) mass is 294 g/mol. The van der Waals surface area contributed by atoms with Gasteiger partial charge >= 0.3 is 0 Å². The van der Waals surface area contributed by atoms with Gasteiger partial charge in [-0.05, 0) is 43.7 Å². The molecule has 4 nitrogen and oxygen atoms in total. The van der Waals surface area contributed by atoms with Crippen LogP contribution < -0.4 is 11.1 Å². The number of hydrogen-bond acceptors (Lipinski definition) is 3. The maximum absolute atomic E-state index is 12.7. The van der Waals surface area contributed by atoms with Gasteiger partial charge in [-0.25, -0.2) is 4.39 Å². The molecule has 21 heavy (non-hydrogen) atoms. The van der Waals surface area contributed by atoms with Gasteiger partial charge in [-0.2, -0.15) is 0 Å². The Morgan fingerprint density at radius 3 is 2.33 bits per heavy atom. The first-order chi connectivity index (χ1) is 10.1. The number of halogens is 1. The zero-order valence-corrected chi connectivity index (χ0v) is 12.2. The van der Waals surface area contributed by atoms with Gasteiger partial charge < -0.3 is 11.1 Å². The van der Waals surface area contributed by atoms with E-state index in [9.17, 15) is 14.0 Å². The van der Waals surface area contributed by atoms with E-state index in [-0.39, 0.29) is 30.3 Å². The third kappa shape index (κ3) is 7.56. The second kappa shape index (κ2) is 10.0. The molecule has 1 amide bonds. The standard InChI is InChI=1S/C16H23FN2O2/c17-14-7-5-13(6-8-14)15(20)9-10-16(21)19-12-4-2-1-3-11-18/h5-8H,1-4,9-12,18H2,(H,19,21). The van der Waals surface area contributed by atoms with Crippen molar-refractivity contribution in [2.45, 2.75) is 38.5 Å². The fraction of sp³-hybridized carbons (Fsp3) is 0.500. The molecule has 0 aliphatic carbocycles. The maximum Gasteiger partial charge on any atom is 0.220 e. The van der Waals surface area contributed by atoms with Crippen molar-refractivity contribution >= 4 is 11.7 Å². The van der Waals surface area contributed by atoms with Crippen molar-refractivity contribution in [2.75, 3.05) is 13.1 Å². The summed E-state index contributed by atoms with van der Waals surface area (Å²) in [5.41, 5.74) is 5.83. The second-order valence-electron chi connectivity index (χ2n) is 4.98. The van der Waals surface area contributed by atoms with Gasteiger partial charge in [0.2, 0.25) is 5.91 Å². The lowest BCUT2D eigenvalue weighted by Gasteiger charge is -2.05. The topological polar surface area (TPSA) is 72.2 Å². The minimum absolute atomic E-state index is 0.121. The van der Waals surface area contributed by atoms with Crippen LogP contribution in [0, 0.1) is 5.82 Å². The maximum atomic E-state index is 12.7. The van der Waals surface area contributed by atoms with E-state index in [0.717, 1.165) is 25.7 Å². The molecule has 5 heteroatoms. The summed E-state index contributed by atoms with van der Waals surface area (Å²) in [5.74, 6) is -0.642. The van der Waals surface area contributed by atoms with Gasteiger partial charge in [-0.15, -0.1) is 0 Å². The van der Waals surface area contributed by atoms with E-state index in [1.807, 2.05) is 0 Å². The molecular weight excluding hydrogens is 271 g/mol. The molecule has 0 fully saturated rings. The molecule has 0 saturated heterocycles. The summed E-state index contributed by atoms with van der Waals surface area (Å²) < 4.78 is 12.7. The molecular formula is C16H23FN2O2. The number of nitrogens with two attached hydrogens (primary N) is 1. The highest BCUT2D eigenvalue weighted by molar-refractivity contribution is 5.97. The summed E-state index contributed by atoms with van der Waals surface area (Å²) in [7, 11) is 0. The fourth-order valence-corrected chi connectivity index (χ4v) is 1.95. The normalized spacial score (nSPS) is 10.4. The Labute approximate surface area is 124 Å². The average Bonchev–Trinajstić information content (AvgIpc) is 2.49. The average molecular weight is 294 g/mol. The Bertz CT molecular complexity index is 446. The summed E-state index contributed by atoms with van der Waals surface area (Å²) in [6, 6.07) is 5.36. The fourth-order valence-electron chi connectivity index (χ4n) is 1.95. The zero-order valence-electron chi connectivity index (χ0n) is 12.2. The third-order valence-corrected chi connectivity index (χ3v) is 3.20. The van der Waals surface area contributed by atoms with Crippen molar-refractivity contribution in [3.05, 3.63) is 35.6 Å². The van der Waals surface area contributed by atoms with Crippen molar-refractivity contribution < 1.29 is 14.0 Å². The molecule has 0 aliphatic heterocycles. The summed E-state index contributed by atoms with van der Waals surface area (Å²) >= 11 is 0. The number of Topliss-reactive ketones (excluding diaryl/α,β-unsaturated/α-hetero) is 1. The smallest absolute Gasteiger partial charge is 0.220 e. The van der Waals surface area contributed by atoms with E-state index < -0.39 is 0 Å². The Morgan fingerprint density at radius 2 is 1.67 bits per heavy atom. The van der Waals surface area contributed by atoms with E-state index in [1.165, 1.54) is 24.3 Å². The molecule has 3 N–H and O–H groups in total. The first-order valence-electron chi connectivity index (χ1n) is 7.39. The van der Waals surface area contributed by atoms with Crippen LogP contribution in [-0.4, -0.2) is 24.8 Å². The third-order valence-electron chi connectivity index (χ3n) is 3.20. The SMILES string of the molecule is NCCCCCCNC(=O)CCC(=O)c1ccc(F)cc1. The predicted molar refractivity (Wildman–Crippen MR) is 80.5 cm³/mol. The van der Waals surface area contributed by atoms with Crippen molar-refractivity contribution in [3.63, 3.8) is 0 Å². The van der Waals surface area contributed by atoms with Crippen molar-refractivity contribution in [1.82, 2.24) is 5.32 Å². The lowest BCUT2D eigenvalue weighted by molar-refractivity contribution is -0.121. The van der Waals surface area contributed by atoms with Crippen LogP contribution in [0.5, 0.6) is 0 Å². The molecule has 1 aromatic rings. The van der Waals surface area contributed by atoms with Crippen LogP contribution >= 0.6 is 0 Å². The Kier molecular flexibility index (Phi) is 8.28. The quantitative estimate of drug-likeness (QED) is 0.514. The van der Waals surface area contributed by atoms with E-state index >= 15 is 0 Å². The summed E-state index contributed by atoms with van der Waals surface area (Å²) in [5, 5.41) is 2.79. The van der Waals surface area contributed by atoms with Crippen LogP contribution in [-0.2, 0) is 4.79 Å². The van der Waals surface area contributed by atoms with Crippen LogP contribution in [0.1, 0.15) is 48.9 Å². The summed E-state index contributed by atoms with van der Waals surface area (Å²) in [4.78, 5) is 23.4. The number of ketones is 1. The number of carbonyl (C=O) groups is 2. The first-order valence-corrected chi connectivity index (χ1v) is 7.39. The molecule has 1 rings (SSSR count). The summed E-state index contributed by atoms with van der Waals surface area (Å²) in [6.07, 6.45) is 4.38. The lowest BCUT2D eigenvalue weighted by Crippen LogP contribution is -2.24. The number of nitrogens with one attached hydrogen (secondary N) is 1. The van der Waals surface area contributed by atoms with Gasteiger partial charge in [0.05, 0.1) is 0 Å². The number of benzene rings is 1. The van der Waals surface area contributed by atoms with E-state index in [2.05, 4.69) is 5.32 Å². The Balaban J connectivity index is 2.15. The molecule has 0 aromatic heterocycles. The van der Waals surface area contributed by atoms with Gasteiger partial charge in [-0.1, -0.05) is 12.8 Å². The highest BCUT2D eigenvalue weighted by Crippen LogP contribution is 2.07. The van der Waals surface area contributed by atoms with Crippen LogP contribution in [0.4, 0.5) is 4.39 Å². The second-order valence-corrected chi connectivity index (χ2v) is 4.98. The zero-order chi connectivity index (χ0) is 15.5. The van der Waals surface area contributed by atoms with Crippen molar-refractivity contribution in [3.8, 4) is 0 Å². The van der Waals surface area contributed by atoms with E-state index in [4.69, 9.17) is 5.73 Å². The van der Waals surface area contributed by atoms with Gasteiger partial charge in [0.25, 0.3) is 0 Å². The molecule has 0 aliphatic rings. The van der Waals surface area contributed by atoms with E-state index in [0.29, 0.717) is 18.7 Å². The molecule has 0 atom stereocenters. The molecule has 0 spiro atoms. The number of carbonyl (C=O) groups excluding carboxylic acids is 2. The van der Waals surface area contributed by atoms with Gasteiger partial charge in [0.15, 0.2) is 5.78 Å². The number of hydrogen-bond donors (Lipinski definition) is 2. The summed E-state index contributed by atoms with van der Waals surface area (Å²) in [6.45, 7) is 1.34. The molecule has 1 aromatic carbocycles. The lowest BCUT2D eigenvalue weighted by atomic mass is 10.1. The Morgan fingerprint density at radius 1 is 1.00 bits per heavy atom. The van der Waals surface area contributed by atoms with Crippen molar-refractivity contribution in [2.24, 2.45) is 5.73 Å². The minimum Gasteiger partial charge on any atom is -0.356 e. The van der Waals surface area contributed by atoms with Crippen molar-refractivity contribution in [1.29, 1.82) is 0 Å². The number of unbranched alkanes of at least 4 members (excludes halogenated alkanes) is 3. The predicted octanol–water partition coefficient (Wildman–Crippen LogP) is 2.42. The highest BCUT2D eigenvalue weighted by atomic mass is 19.1. The van der Waals surface area contributed by atoms with Gasteiger partial charge in [0, 0.05) is 24.9 Å². The van der Waals surface area contributed by atoms with Crippen LogP contribution in [0.15, 0.2) is 24.3 Å². The van der Waals surface area contributed by atoms with Gasteiger partial charge in [0.1, 0.15) is 5.82 Å². The molecule has 0 unspecified atom stereocenters. The first kappa shape index (κ1) is 17.3. The van der Waals surface area contributed by atoms with Crippen LogP contribution in [0.2, 0.25) is 0 Å². The van der Waals surface area contributed by atoms with E-state index in [1.54, 1.807) is 0 Å². The molecule has 0 bridgehead atoms. The van der Waals surface area contributed by atoms with Gasteiger partial charge in [-0.3, -0.25) is 9.59 Å². The Hall–Kier alpha value is -1.75. The van der Waals surface area contributed by atoms with Crippen LogP contribution in [0.25, 0.3) is 0 Å². The molecule has 0 heterocycles. The number of amides is 1.